The van der Waals surface area contributed by atoms with Gasteiger partial charge in [-0.1, -0.05) is 26.8 Å². The molecule has 0 unspecified atom stereocenters. The normalized spacial score (nSPS) is 24.6. The number of carbonyl (C=O) groups is 1. The van der Waals surface area contributed by atoms with Crippen LogP contribution >= 0.6 is 0 Å². The third-order valence-electron chi connectivity index (χ3n) is 8.04. The van der Waals surface area contributed by atoms with Crippen LogP contribution in [0.4, 0.5) is 8.78 Å². The molecule has 3 heterocycles. The van der Waals surface area contributed by atoms with Crippen LogP contribution < -0.4 is 0 Å². The first-order valence-corrected chi connectivity index (χ1v) is 11.3. The van der Waals surface area contributed by atoms with Crippen molar-refractivity contribution >= 4 is 5.91 Å². The number of rotatable bonds is 4. The summed E-state index contributed by atoms with van der Waals surface area (Å²) < 4.78 is 30.6. The van der Waals surface area contributed by atoms with Gasteiger partial charge >= 0.3 is 0 Å². The first-order chi connectivity index (χ1) is 15.7. The second-order valence-corrected chi connectivity index (χ2v) is 9.97. The van der Waals surface area contributed by atoms with Crippen LogP contribution in [0, 0.1) is 22.5 Å². The van der Waals surface area contributed by atoms with Gasteiger partial charge in [-0.2, -0.15) is 15.3 Å². The smallest absolute Gasteiger partial charge is 0.229 e. The Morgan fingerprint density at radius 2 is 1.85 bits per heavy atom. The maximum Gasteiger partial charge on any atom is 0.229 e. The van der Waals surface area contributed by atoms with Gasteiger partial charge < -0.3 is 4.90 Å². The lowest BCUT2D eigenvalue weighted by atomic mass is 9.63. The van der Waals surface area contributed by atoms with Gasteiger partial charge in [0.05, 0.1) is 28.9 Å². The SMILES string of the molecule is CC1(C)[C@@H](c2cnnc(-c3c(F)cccc3F)c2)CC[C@]1(C)C(=O)N1CC(n2cccn2)C1. The number of halogens is 2. The fourth-order valence-electron chi connectivity index (χ4n) is 5.54. The van der Waals surface area contributed by atoms with E-state index in [9.17, 15) is 13.6 Å². The molecule has 1 amide bonds. The Balaban J connectivity index is 1.39. The van der Waals surface area contributed by atoms with Crippen molar-refractivity contribution in [2.45, 2.75) is 45.6 Å². The third-order valence-corrected chi connectivity index (χ3v) is 8.04. The molecule has 1 aliphatic carbocycles. The van der Waals surface area contributed by atoms with E-state index in [1.165, 1.54) is 18.2 Å². The Hall–Kier alpha value is -3.16. The highest BCUT2D eigenvalue weighted by Gasteiger charge is 2.58. The molecule has 3 aromatic rings. The van der Waals surface area contributed by atoms with Crippen molar-refractivity contribution < 1.29 is 13.6 Å². The van der Waals surface area contributed by atoms with Crippen LogP contribution in [0.2, 0.25) is 0 Å². The van der Waals surface area contributed by atoms with E-state index in [0.29, 0.717) is 13.1 Å². The molecule has 0 bridgehead atoms. The topological polar surface area (TPSA) is 63.9 Å². The molecule has 2 fully saturated rings. The second kappa shape index (κ2) is 7.71. The van der Waals surface area contributed by atoms with Crippen LogP contribution in [-0.2, 0) is 4.79 Å². The quantitative estimate of drug-likeness (QED) is 0.581. The second-order valence-electron chi connectivity index (χ2n) is 9.97. The van der Waals surface area contributed by atoms with Gasteiger partial charge in [-0.15, -0.1) is 0 Å². The average Bonchev–Trinajstić information content (AvgIpc) is 3.34. The standard InChI is InChI=1S/C25H27F2N5O/c1-24(2)18(16-12-21(30-28-13-16)22-19(26)6-4-7-20(22)27)8-9-25(24,3)23(33)31-14-17(15-31)32-11-5-10-29-32/h4-7,10-13,17-18H,8-9,14-15H2,1-3H3/t18-,25-/m1/s1. The van der Waals surface area contributed by atoms with Crippen molar-refractivity contribution in [3.05, 3.63) is 66.1 Å². The summed E-state index contributed by atoms with van der Waals surface area (Å²) in [6.45, 7) is 7.58. The lowest BCUT2D eigenvalue weighted by Gasteiger charge is -2.48. The molecule has 6 nitrogen and oxygen atoms in total. The van der Waals surface area contributed by atoms with Crippen molar-refractivity contribution in [3.8, 4) is 11.3 Å². The largest absolute Gasteiger partial charge is 0.338 e. The summed E-state index contributed by atoms with van der Waals surface area (Å²) in [5.41, 5.74) is -0.0911. The Morgan fingerprint density at radius 3 is 2.52 bits per heavy atom. The Labute approximate surface area is 191 Å². The van der Waals surface area contributed by atoms with Crippen molar-refractivity contribution in [2.24, 2.45) is 10.8 Å². The highest BCUT2D eigenvalue weighted by molar-refractivity contribution is 5.84. The zero-order valence-corrected chi connectivity index (χ0v) is 19.0. The van der Waals surface area contributed by atoms with Crippen LogP contribution in [0.15, 0.2) is 48.9 Å². The van der Waals surface area contributed by atoms with Crippen molar-refractivity contribution in [1.82, 2.24) is 24.9 Å². The molecule has 1 saturated heterocycles. The number of benzene rings is 1. The zero-order valence-electron chi connectivity index (χ0n) is 19.0. The first-order valence-electron chi connectivity index (χ1n) is 11.3. The van der Waals surface area contributed by atoms with E-state index >= 15 is 0 Å². The van der Waals surface area contributed by atoms with Crippen molar-refractivity contribution in [3.63, 3.8) is 0 Å². The predicted octanol–water partition coefficient (Wildman–Crippen LogP) is 4.61. The lowest BCUT2D eigenvalue weighted by Crippen LogP contribution is -2.57. The minimum absolute atomic E-state index is 0.0127. The van der Waals surface area contributed by atoms with Crippen molar-refractivity contribution in [1.29, 1.82) is 0 Å². The fourth-order valence-corrected chi connectivity index (χ4v) is 5.54. The molecule has 5 rings (SSSR count). The minimum atomic E-state index is -0.670. The summed E-state index contributed by atoms with van der Waals surface area (Å²) >= 11 is 0. The van der Waals surface area contributed by atoms with Crippen LogP contribution in [-0.4, -0.2) is 43.9 Å². The van der Waals surface area contributed by atoms with Crippen LogP contribution in [0.25, 0.3) is 11.3 Å². The maximum absolute atomic E-state index is 14.3. The molecule has 0 N–H and O–H groups in total. The molecular weight excluding hydrogens is 424 g/mol. The summed E-state index contributed by atoms with van der Waals surface area (Å²) in [6, 6.07) is 7.58. The van der Waals surface area contributed by atoms with Gasteiger partial charge in [-0.25, -0.2) is 8.78 Å². The van der Waals surface area contributed by atoms with E-state index in [1.54, 1.807) is 18.5 Å². The average molecular weight is 452 g/mol. The van der Waals surface area contributed by atoms with Gasteiger partial charge in [-0.05, 0) is 54.0 Å². The number of aromatic nitrogens is 4. The number of hydrogen-bond acceptors (Lipinski definition) is 4. The Kier molecular flexibility index (Phi) is 5.06. The Bertz CT molecular complexity index is 1170. The van der Waals surface area contributed by atoms with E-state index in [1.807, 2.05) is 28.8 Å². The molecule has 1 aromatic carbocycles. The maximum atomic E-state index is 14.3. The summed E-state index contributed by atoms with van der Waals surface area (Å²) in [6.07, 6.45) is 6.85. The van der Waals surface area contributed by atoms with Gasteiger partial charge in [0.25, 0.3) is 0 Å². The van der Waals surface area contributed by atoms with Crippen molar-refractivity contribution in [2.75, 3.05) is 13.1 Å². The number of likely N-dealkylation sites (tertiary alicyclic amines) is 1. The number of carbonyl (C=O) groups excluding carboxylic acids is 1. The number of nitrogens with zero attached hydrogens (tertiary/aromatic N) is 5. The fraction of sp³-hybridized carbons (Fsp3) is 0.440. The molecule has 33 heavy (non-hydrogen) atoms. The lowest BCUT2D eigenvalue weighted by molar-refractivity contribution is -0.153. The van der Waals surface area contributed by atoms with Gasteiger partial charge in [0.15, 0.2) is 0 Å². The first kappa shape index (κ1) is 21.7. The van der Waals surface area contributed by atoms with Crippen LogP contribution in [0.5, 0.6) is 0 Å². The molecule has 2 atom stereocenters. The summed E-state index contributed by atoms with van der Waals surface area (Å²) in [5, 5.41) is 12.3. The molecule has 2 aliphatic rings. The predicted molar refractivity (Wildman–Crippen MR) is 119 cm³/mol. The van der Waals surface area contributed by atoms with Gasteiger partial charge in [0.1, 0.15) is 11.6 Å². The highest BCUT2D eigenvalue weighted by Crippen LogP contribution is 2.61. The van der Waals surface area contributed by atoms with E-state index in [-0.39, 0.29) is 34.5 Å². The van der Waals surface area contributed by atoms with E-state index < -0.39 is 17.0 Å². The summed E-state index contributed by atoms with van der Waals surface area (Å²) in [5.74, 6) is -1.17. The highest BCUT2D eigenvalue weighted by atomic mass is 19.1. The third kappa shape index (κ3) is 3.34. The monoisotopic (exact) mass is 451 g/mol. The molecule has 172 valence electrons. The summed E-state index contributed by atoms with van der Waals surface area (Å²) in [7, 11) is 0. The van der Waals surface area contributed by atoms with Crippen LogP contribution in [0.3, 0.4) is 0 Å². The molecule has 0 spiro atoms. The van der Waals surface area contributed by atoms with Crippen LogP contribution in [0.1, 0.15) is 51.1 Å². The van der Waals surface area contributed by atoms with Gasteiger partial charge in [-0.3, -0.25) is 9.48 Å². The molecule has 8 heteroatoms. The van der Waals surface area contributed by atoms with E-state index in [2.05, 4.69) is 29.1 Å². The molecule has 0 radical (unpaired) electrons. The Morgan fingerprint density at radius 1 is 1.12 bits per heavy atom. The summed E-state index contributed by atoms with van der Waals surface area (Å²) in [4.78, 5) is 15.5. The molecule has 1 aliphatic heterocycles. The van der Waals surface area contributed by atoms with Gasteiger partial charge in [0.2, 0.25) is 5.91 Å². The molecular formula is C25H27F2N5O. The zero-order chi connectivity index (χ0) is 23.4. The minimum Gasteiger partial charge on any atom is -0.338 e. The van der Waals surface area contributed by atoms with Gasteiger partial charge in [0, 0.05) is 25.5 Å². The number of amides is 1. The number of hydrogen-bond donors (Lipinski definition) is 0. The molecule has 2 aromatic heterocycles. The van der Waals surface area contributed by atoms with E-state index in [4.69, 9.17) is 0 Å². The van der Waals surface area contributed by atoms with E-state index in [0.717, 1.165) is 18.4 Å². The molecule has 1 saturated carbocycles.